The minimum absolute atomic E-state index is 0.00548. The monoisotopic (exact) mass is 721 g/mol. The van der Waals surface area contributed by atoms with Crippen LogP contribution in [0, 0.1) is 36.3 Å². The third-order valence-corrected chi connectivity index (χ3v) is 12.2. The number of nitrogens with zero attached hydrogens (tertiary/aromatic N) is 1. The lowest BCUT2D eigenvalue weighted by Crippen LogP contribution is -2.46. The van der Waals surface area contributed by atoms with Gasteiger partial charge in [0.1, 0.15) is 17.4 Å². The molecule has 0 bridgehead atoms. The molecule has 264 valence electrons. The Kier molecular flexibility index (Phi) is 11.4. The Hall–Kier alpha value is -3.55. The zero-order valence-electron chi connectivity index (χ0n) is 27.8. The molecule has 2 aromatic carbocycles. The fraction of sp³-hybridized carbons (Fsp3) is 0.421. The Morgan fingerprint density at radius 3 is 2.28 bits per heavy atom. The lowest BCUT2D eigenvalue weighted by molar-refractivity contribution is -0.129. The van der Waals surface area contributed by atoms with Crippen molar-refractivity contribution in [2.24, 2.45) is 23.5 Å². The maximum Gasteiger partial charge on any atom is 0.290 e. The van der Waals surface area contributed by atoms with E-state index in [1.54, 1.807) is 47.7 Å². The molecule has 3 heterocycles. The number of nitrogens with two attached hydrogens (primary N) is 1. The van der Waals surface area contributed by atoms with Crippen molar-refractivity contribution >= 4 is 46.3 Å². The molecule has 3 aromatic rings. The molecule has 4 unspecified atom stereocenters. The van der Waals surface area contributed by atoms with Crippen molar-refractivity contribution in [3.05, 3.63) is 103 Å². The lowest BCUT2D eigenvalue weighted by Gasteiger charge is -2.43. The second-order valence-electron chi connectivity index (χ2n) is 13.3. The second kappa shape index (κ2) is 15.8. The van der Waals surface area contributed by atoms with Gasteiger partial charge in [0, 0.05) is 52.2 Å². The predicted molar refractivity (Wildman–Crippen MR) is 189 cm³/mol. The van der Waals surface area contributed by atoms with Gasteiger partial charge in [-0.25, -0.2) is 8.78 Å². The van der Waals surface area contributed by atoms with Gasteiger partial charge in [-0.3, -0.25) is 29.4 Å². The number of nitrogens with one attached hydrogen (secondary N) is 1. The van der Waals surface area contributed by atoms with Crippen molar-refractivity contribution in [2.45, 2.75) is 70.1 Å². The van der Waals surface area contributed by atoms with Crippen LogP contribution in [0.4, 0.5) is 8.78 Å². The molecule has 0 amide bonds. The SMILES string of the molecule is Cc1cc2c(s1)CCN(C(C(=O)C1CC1)c1ccccc1F)C2C1C(=O)SC(CCC(=O)C2CC2)=C1CNC(N)c1ccccc1F.O=CO. The summed E-state index contributed by atoms with van der Waals surface area (Å²) in [4.78, 5) is 54.7. The molecule has 1 aromatic heterocycles. The number of ketones is 2. The maximum absolute atomic E-state index is 15.6. The van der Waals surface area contributed by atoms with Crippen LogP contribution in [-0.4, -0.2) is 46.2 Å². The van der Waals surface area contributed by atoms with Crippen LogP contribution in [0.1, 0.15) is 83.2 Å². The van der Waals surface area contributed by atoms with Crippen LogP contribution in [-0.2, 0) is 25.6 Å². The molecule has 7 rings (SSSR count). The van der Waals surface area contributed by atoms with Crippen molar-refractivity contribution in [2.75, 3.05) is 13.1 Å². The first-order valence-corrected chi connectivity index (χ1v) is 18.7. The van der Waals surface area contributed by atoms with Crippen LogP contribution < -0.4 is 11.1 Å². The number of halogens is 2. The normalized spacial score (nSPS) is 21.6. The molecule has 4 aliphatic rings. The number of benzene rings is 2. The molecule has 2 aliphatic carbocycles. The molecule has 4 N–H and O–H groups in total. The zero-order chi connectivity index (χ0) is 35.5. The molecule has 2 saturated carbocycles. The summed E-state index contributed by atoms with van der Waals surface area (Å²) in [6, 6.07) is 13.6. The Bertz CT molecular complexity index is 1800. The lowest BCUT2D eigenvalue weighted by atomic mass is 9.81. The number of fused-ring (bicyclic) bond motifs is 1. The highest BCUT2D eigenvalue weighted by molar-refractivity contribution is 8.17. The number of thioether (sulfide) groups is 1. The van der Waals surface area contributed by atoms with Crippen LogP contribution in [0.2, 0.25) is 0 Å². The number of thiophene rings is 1. The van der Waals surface area contributed by atoms with Gasteiger partial charge in [0.25, 0.3) is 6.47 Å². The van der Waals surface area contributed by atoms with E-state index in [2.05, 4.69) is 16.3 Å². The van der Waals surface area contributed by atoms with Gasteiger partial charge in [-0.15, -0.1) is 11.3 Å². The first kappa shape index (κ1) is 36.2. The summed E-state index contributed by atoms with van der Waals surface area (Å²) in [5, 5.41) is 10.1. The summed E-state index contributed by atoms with van der Waals surface area (Å²) in [7, 11) is 0. The molecule has 2 fully saturated rings. The number of hydrogen-bond donors (Lipinski definition) is 3. The summed E-state index contributed by atoms with van der Waals surface area (Å²) in [6.07, 6.45) is 4.06. The number of allylic oxidation sites excluding steroid dienone is 1. The second-order valence-corrected chi connectivity index (χ2v) is 15.8. The van der Waals surface area contributed by atoms with Gasteiger partial charge in [-0.2, -0.15) is 0 Å². The molecule has 0 spiro atoms. The highest BCUT2D eigenvalue weighted by Crippen LogP contribution is 2.53. The predicted octanol–water partition coefficient (Wildman–Crippen LogP) is 6.81. The summed E-state index contributed by atoms with van der Waals surface area (Å²) >= 11 is 2.87. The third-order valence-electron chi connectivity index (χ3n) is 9.93. The van der Waals surface area contributed by atoms with Gasteiger partial charge < -0.3 is 10.8 Å². The van der Waals surface area contributed by atoms with Crippen molar-refractivity contribution in [1.29, 1.82) is 0 Å². The van der Waals surface area contributed by atoms with Crippen LogP contribution in [0.3, 0.4) is 0 Å². The average molecular weight is 722 g/mol. The quantitative estimate of drug-likeness (QED) is 0.129. The molecular weight excluding hydrogens is 681 g/mol. The number of carbonyl (C=O) groups is 4. The first-order chi connectivity index (χ1) is 24.1. The van der Waals surface area contributed by atoms with Crippen LogP contribution >= 0.6 is 23.1 Å². The fourth-order valence-corrected chi connectivity index (χ4v) is 9.47. The average Bonchev–Trinajstić information content (AvgIpc) is 4.03. The number of rotatable bonds is 13. The number of Topliss-reactive ketones (excluding diaryl/α,β-unsaturated/α-hetero) is 2. The molecule has 50 heavy (non-hydrogen) atoms. The Morgan fingerprint density at radius 2 is 1.66 bits per heavy atom. The van der Waals surface area contributed by atoms with E-state index in [9.17, 15) is 18.8 Å². The maximum atomic E-state index is 15.6. The van der Waals surface area contributed by atoms with Gasteiger partial charge in [0.05, 0.1) is 24.2 Å². The van der Waals surface area contributed by atoms with Gasteiger partial charge >= 0.3 is 0 Å². The Morgan fingerprint density at radius 1 is 1.04 bits per heavy atom. The fourth-order valence-electron chi connectivity index (χ4n) is 7.23. The van der Waals surface area contributed by atoms with E-state index in [4.69, 9.17) is 15.6 Å². The molecule has 8 nitrogen and oxygen atoms in total. The molecule has 0 saturated heterocycles. The van der Waals surface area contributed by atoms with E-state index in [0.717, 1.165) is 46.6 Å². The van der Waals surface area contributed by atoms with Crippen LogP contribution in [0.15, 0.2) is 65.1 Å². The van der Waals surface area contributed by atoms with Crippen molar-refractivity contribution in [3.8, 4) is 0 Å². The van der Waals surface area contributed by atoms with E-state index in [1.165, 1.54) is 28.8 Å². The standard InChI is InChI=1S/C37H39F2N3O3S2.CH2O2/c1-20-18-25-31(46-20)16-17-42(34(35(44)22-12-13-22)23-6-2-4-8-27(23)38)33(25)32-26(19-41-36(40)24-7-3-5-9-28(24)39)30(47-37(32)45)15-14-29(43)21-10-11-21;2-1-3/h2-9,18,21-22,32-34,36,41H,10-17,19,40H2,1H3;1H,(H,2,3). The molecule has 2 aliphatic heterocycles. The highest BCUT2D eigenvalue weighted by atomic mass is 32.2. The smallest absolute Gasteiger partial charge is 0.290 e. The zero-order valence-corrected chi connectivity index (χ0v) is 29.4. The van der Waals surface area contributed by atoms with Gasteiger partial charge in [-0.1, -0.05) is 48.2 Å². The first-order valence-electron chi connectivity index (χ1n) is 17.0. The number of carboxylic acid groups (broad SMARTS) is 1. The van der Waals surface area contributed by atoms with Crippen molar-refractivity contribution in [3.63, 3.8) is 0 Å². The Balaban J connectivity index is 0.00000139. The topological polar surface area (TPSA) is 130 Å². The van der Waals surface area contributed by atoms with E-state index < -0.39 is 35.8 Å². The third kappa shape index (κ3) is 7.84. The summed E-state index contributed by atoms with van der Waals surface area (Å²) < 4.78 is 30.3. The number of hydrogen-bond acceptors (Lipinski definition) is 9. The minimum Gasteiger partial charge on any atom is -0.483 e. The summed E-state index contributed by atoms with van der Waals surface area (Å²) in [5.74, 6) is -1.32. The molecule has 12 heteroatoms. The minimum atomic E-state index is -0.838. The van der Waals surface area contributed by atoms with Crippen molar-refractivity contribution in [1.82, 2.24) is 10.2 Å². The van der Waals surface area contributed by atoms with Crippen LogP contribution in [0.25, 0.3) is 0 Å². The molecular formula is C38H41F2N3O5S2. The van der Waals surface area contributed by atoms with Gasteiger partial charge in [-0.05, 0) is 79.7 Å². The molecule has 0 radical (unpaired) electrons. The number of aryl methyl sites for hydroxylation is 1. The van der Waals surface area contributed by atoms with E-state index in [0.29, 0.717) is 36.9 Å². The van der Waals surface area contributed by atoms with Crippen LogP contribution in [0.5, 0.6) is 0 Å². The summed E-state index contributed by atoms with van der Waals surface area (Å²) in [5.41, 5.74) is 8.92. The highest BCUT2D eigenvalue weighted by Gasteiger charge is 2.50. The van der Waals surface area contributed by atoms with E-state index in [1.807, 2.05) is 6.92 Å². The van der Waals surface area contributed by atoms with E-state index >= 15 is 4.39 Å². The largest absolute Gasteiger partial charge is 0.483 e. The summed E-state index contributed by atoms with van der Waals surface area (Å²) in [6.45, 7) is 2.49. The van der Waals surface area contributed by atoms with Gasteiger partial charge in [0.15, 0.2) is 5.78 Å². The Labute approximate surface area is 298 Å². The number of carbonyl (C=O) groups excluding carboxylic acids is 3. The molecule has 4 atom stereocenters. The van der Waals surface area contributed by atoms with Gasteiger partial charge in [0.2, 0.25) is 5.12 Å². The van der Waals surface area contributed by atoms with Crippen molar-refractivity contribution < 1.29 is 33.1 Å². The van der Waals surface area contributed by atoms with E-state index in [-0.39, 0.29) is 41.5 Å².